The van der Waals surface area contributed by atoms with Crippen LogP contribution in [0.2, 0.25) is 10.0 Å². The molecule has 0 aliphatic carbocycles. The Kier molecular flexibility index (Phi) is 7.84. The van der Waals surface area contributed by atoms with E-state index in [1.54, 1.807) is 48.5 Å². The highest BCUT2D eigenvalue weighted by Gasteiger charge is 2.20. The Labute approximate surface area is 233 Å². The van der Waals surface area contributed by atoms with Gasteiger partial charge in [-0.1, -0.05) is 101 Å². The zero-order chi connectivity index (χ0) is 26.5. The Morgan fingerprint density at radius 3 is 1.97 bits per heavy atom. The molecule has 188 valence electrons. The molecule has 1 aromatic heterocycles. The van der Waals surface area contributed by atoms with Crippen LogP contribution in [0.5, 0.6) is 5.75 Å². The maximum Gasteiger partial charge on any atom is 0.264 e. The van der Waals surface area contributed by atoms with Crippen molar-refractivity contribution in [1.82, 2.24) is 4.98 Å². The van der Waals surface area contributed by atoms with Crippen LogP contribution < -0.4 is 10.1 Å². The van der Waals surface area contributed by atoms with Gasteiger partial charge in [-0.05, 0) is 36.4 Å². The van der Waals surface area contributed by atoms with Gasteiger partial charge in [0.15, 0.2) is 17.5 Å². The lowest BCUT2D eigenvalue weighted by Crippen LogP contribution is -2.20. The number of benzene rings is 4. The number of amides is 1. The average molecular weight is 559 g/mol. The van der Waals surface area contributed by atoms with E-state index in [0.29, 0.717) is 37.7 Å². The molecule has 0 saturated heterocycles. The van der Waals surface area contributed by atoms with Crippen molar-refractivity contribution < 1.29 is 14.3 Å². The maximum absolute atomic E-state index is 12.7. The van der Waals surface area contributed by atoms with Gasteiger partial charge in [0.2, 0.25) is 0 Å². The Morgan fingerprint density at radius 2 is 1.32 bits per heavy atom. The molecule has 0 atom stereocenters. The molecule has 0 aliphatic rings. The van der Waals surface area contributed by atoms with Gasteiger partial charge in [-0.2, -0.15) is 0 Å². The van der Waals surface area contributed by atoms with Crippen molar-refractivity contribution in [2.45, 2.75) is 0 Å². The number of ether oxygens (including phenoxy) is 1. The van der Waals surface area contributed by atoms with Crippen molar-refractivity contribution in [3.05, 3.63) is 124 Å². The van der Waals surface area contributed by atoms with Crippen LogP contribution in [0.25, 0.3) is 21.7 Å². The molecule has 0 saturated carbocycles. The molecule has 5 rings (SSSR count). The third-order valence-corrected chi connectivity index (χ3v) is 7.31. The molecule has 1 heterocycles. The second-order valence-corrected chi connectivity index (χ2v) is 10.0. The third-order valence-electron chi connectivity index (χ3n) is 5.64. The molecule has 0 bridgehead atoms. The van der Waals surface area contributed by atoms with Crippen LogP contribution >= 0.6 is 34.5 Å². The molecule has 4 aromatic carbocycles. The number of carbonyl (C=O) groups excluding carboxylic acids is 2. The van der Waals surface area contributed by atoms with Gasteiger partial charge in [0, 0.05) is 27.3 Å². The number of carbonyl (C=O) groups is 2. The van der Waals surface area contributed by atoms with Gasteiger partial charge in [0.25, 0.3) is 5.91 Å². The first-order valence-electron chi connectivity index (χ1n) is 11.6. The topological polar surface area (TPSA) is 68.3 Å². The second kappa shape index (κ2) is 11.6. The predicted molar refractivity (Wildman–Crippen MR) is 153 cm³/mol. The van der Waals surface area contributed by atoms with Gasteiger partial charge in [-0.3, -0.25) is 14.9 Å². The normalized spacial score (nSPS) is 10.7. The summed E-state index contributed by atoms with van der Waals surface area (Å²) in [5.74, 6) is 0.0133. The largest absolute Gasteiger partial charge is 0.484 e. The molecule has 0 unspecified atom stereocenters. The number of rotatable bonds is 8. The Bertz CT molecular complexity index is 1540. The van der Waals surface area contributed by atoms with Crippen molar-refractivity contribution in [1.29, 1.82) is 0 Å². The van der Waals surface area contributed by atoms with Crippen LogP contribution in [-0.2, 0) is 4.79 Å². The lowest BCUT2D eigenvalue weighted by atomic mass is 10.0. The molecule has 1 N–H and O–H groups in total. The van der Waals surface area contributed by atoms with E-state index < -0.39 is 0 Å². The SMILES string of the molecule is O=C(COc1ccc(C(=O)c2ccccc2)cc1)Nc1nc(-c2ccccc2Cl)c(-c2ccccc2Cl)s1. The molecule has 0 aliphatic heterocycles. The molecular weight excluding hydrogens is 539 g/mol. The number of aromatic nitrogens is 1. The van der Waals surface area contributed by atoms with Crippen molar-refractivity contribution in [3.63, 3.8) is 0 Å². The first-order valence-corrected chi connectivity index (χ1v) is 13.2. The number of thiazole rings is 1. The highest BCUT2D eigenvalue weighted by atomic mass is 35.5. The minimum atomic E-state index is -0.375. The Morgan fingerprint density at radius 1 is 0.737 bits per heavy atom. The van der Waals surface area contributed by atoms with E-state index in [-0.39, 0.29) is 18.3 Å². The van der Waals surface area contributed by atoms with E-state index in [1.165, 1.54) is 11.3 Å². The van der Waals surface area contributed by atoms with Crippen LogP contribution in [0.4, 0.5) is 5.13 Å². The first kappa shape index (κ1) is 25.7. The van der Waals surface area contributed by atoms with Crippen LogP contribution in [0.15, 0.2) is 103 Å². The van der Waals surface area contributed by atoms with E-state index in [4.69, 9.17) is 27.9 Å². The van der Waals surface area contributed by atoms with Gasteiger partial charge >= 0.3 is 0 Å². The molecule has 38 heavy (non-hydrogen) atoms. The smallest absolute Gasteiger partial charge is 0.264 e. The van der Waals surface area contributed by atoms with E-state index in [0.717, 1.165) is 16.0 Å². The minimum Gasteiger partial charge on any atom is -0.484 e. The number of anilines is 1. The highest BCUT2D eigenvalue weighted by molar-refractivity contribution is 7.19. The summed E-state index contributed by atoms with van der Waals surface area (Å²) < 4.78 is 5.64. The quantitative estimate of drug-likeness (QED) is 0.196. The second-order valence-electron chi connectivity index (χ2n) is 8.21. The number of nitrogens with zero attached hydrogens (tertiary/aromatic N) is 1. The van der Waals surface area contributed by atoms with E-state index >= 15 is 0 Å². The lowest BCUT2D eigenvalue weighted by molar-refractivity contribution is -0.118. The van der Waals surface area contributed by atoms with Crippen molar-refractivity contribution in [2.75, 3.05) is 11.9 Å². The number of nitrogens with one attached hydrogen (secondary N) is 1. The summed E-state index contributed by atoms with van der Waals surface area (Å²) in [5, 5.41) is 4.31. The third kappa shape index (κ3) is 5.78. The van der Waals surface area contributed by atoms with Crippen molar-refractivity contribution in [2.24, 2.45) is 0 Å². The maximum atomic E-state index is 12.7. The van der Waals surface area contributed by atoms with E-state index in [1.807, 2.05) is 54.6 Å². The number of hydrogen-bond acceptors (Lipinski definition) is 5. The van der Waals surface area contributed by atoms with E-state index in [9.17, 15) is 9.59 Å². The Hall–Kier alpha value is -3.97. The summed E-state index contributed by atoms with van der Waals surface area (Å²) in [6.07, 6.45) is 0. The van der Waals surface area contributed by atoms with Crippen LogP contribution in [0, 0.1) is 0 Å². The summed E-state index contributed by atoms with van der Waals surface area (Å²) in [6.45, 7) is -0.228. The fourth-order valence-corrected chi connectivity index (χ4v) is 5.35. The fraction of sp³-hybridized carbons (Fsp3) is 0.0333. The predicted octanol–water partition coefficient (Wildman–Crippen LogP) is 8.03. The first-order chi connectivity index (χ1) is 18.5. The molecular formula is C30H20Cl2N2O3S. The molecule has 0 radical (unpaired) electrons. The zero-order valence-electron chi connectivity index (χ0n) is 19.9. The monoisotopic (exact) mass is 558 g/mol. The summed E-state index contributed by atoms with van der Waals surface area (Å²) in [7, 11) is 0. The van der Waals surface area contributed by atoms with Gasteiger partial charge < -0.3 is 4.74 Å². The Balaban J connectivity index is 1.30. The highest BCUT2D eigenvalue weighted by Crippen LogP contribution is 2.43. The van der Waals surface area contributed by atoms with E-state index in [2.05, 4.69) is 10.3 Å². The van der Waals surface area contributed by atoms with Gasteiger partial charge in [0.05, 0.1) is 15.6 Å². The summed E-state index contributed by atoms with van der Waals surface area (Å²) >= 11 is 14.2. The van der Waals surface area contributed by atoms with Crippen LogP contribution in [0.1, 0.15) is 15.9 Å². The molecule has 8 heteroatoms. The standard InChI is InChI=1S/C30H20Cl2N2O3S/c31-24-12-6-4-10-22(24)27-29(23-11-5-7-13-25(23)32)38-30(34-27)33-26(35)18-37-21-16-14-20(15-17-21)28(36)19-8-2-1-3-9-19/h1-17H,18H2,(H,33,34,35). The molecule has 0 spiro atoms. The fourth-order valence-electron chi connectivity index (χ4n) is 3.80. The van der Waals surface area contributed by atoms with Crippen molar-refractivity contribution >= 4 is 51.4 Å². The summed E-state index contributed by atoms with van der Waals surface area (Å²) in [5.41, 5.74) is 3.31. The van der Waals surface area contributed by atoms with Gasteiger partial charge in [-0.25, -0.2) is 4.98 Å². The van der Waals surface area contributed by atoms with Gasteiger partial charge in [0.1, 0.15) is 5.75 Å². The van der Waals surface area contributed by atoms with Crippen LogP contribution in [-0.4, -0.2) is 23.3 Å². The van der Waals surface area contributed by atoms with Crippen molar-refractivity contribution in [3.8, 4) is 27.4 Å². The molecule has 0 fully saturated rings. The lowest BCUT2D eigenvalue weighted by Gasteiger charge is -2.07. The summed E-state index contributed by atoms with van der Waals surface area (Å²) in [4.78, 5) is 30.7. The van der Waals surface area contributed by atoms with Gasteiger partial charge in [-0.15, -0.1) is 0 Å². The number of halogens is 2. The zero-order valence-corrected chi connectivity index (χ0v) is 22.2. The molecule has 5 nitrogen and oxygen atoms in total. The average Bonchev–Trinajstić information content (AvgIpc) is 3.35. The number of ketones is 1. The summed E-state index contributed by atoms with van der Waals surface area (Å²) in [6, 6.07) is 30.5. The molecule has 1 amide bonds. The minimum absolute atomic E-state index is 0.0812. The van der Waals surface area contributed by atoms with Crippen LogP contribution in [0.3, 0.4) is 0 Å². The number of hydrogen-bond donors (Lipinski definition) is 1. The molecule has 5 aromatic rings.